The Morgan fingerprint density at radius 1 is 0.946 bits per heavy atom. The van der Waals surface area contributed by atoms with Crippen LogP contribution >= 0.6 is 0 Å². The first kappa shape index (κ1) is 27.7. The second-order valence-corrected chi connectivity index (χ2v) is 10.7. The van der Waals surface area contributed by atoms with E-state index in [-0.39, 0.29) is 18.9 Å². The van der Waals surface area contributed by atoms with Gasteiger partial charge in [0, 0.05) is 20.0 Å². The van der Waals surface area contributed by atoms with Gasteiger partial charge in [-0.3, -0.25) is 13.9 Å². The molecule has 3 rings (SSSR count). The Labute approximate surface area is 218 Å². The Morgan fingerprint density at radius 2 is 1.59 bits per heavy atom. The van der Waals surface area contributed by atoms with Crippen molar-refractivity contribution in [3.8, 4) is 5.75 Å². The Balaban J connectivity index is 2.02. The molecule has 0 aliphatic heterocycles. The highest BCUT2D eigenvalue weighted by molar-refractivity contribution is 7.92. The molecule has 0 radical (unpaired) electrons. The summed E-state index contributed by atoms with van der Waals surface area (Å²) in [5.41, 5.74) is 2.96. The van der Waals surface area contributed by atoms with Crippen molar-refractivity contribution in [1.82, 2.24) is 10.2 Å². The number of hydrogen-bond acceptors (Lipinski definition) is 5. The van der Waals surface area contributed by atoms with Crippen molar-refractivity contribution < 1.29 is 22.7 Å². The number of methoxy groups -OCH3 is 1. The molecule has 37 heavy (non-hydrogen) atoms. The number of carbonyl (C=O) groups is 2. The Morgan fingerprint density at radius 3 is 2.19 bits per heavy atom. The lowest BCUT2D eigenvalue weighted by atomic mass is 10.0. The number of ether oxygens (including phenoxy) is 1. The molecule has 1 atom stereocenters. The fraction of sp³-hybridized carbons (Fsp3) is 0.286. The first-order valence-electron chi connectivity index (χ1n) is 11.8. The van der Waals surface area contributed by atoms with Gasteiger partial charge in [0.05, 0.1) is 19.1 Å². The number of nitrogens with one attached hydrogen (secondary N) is 1. The first-order valence-corrected chi connectivity index (χ1v) is 13.7. The summed E-state index contributed by atoms with van der Waals surface area (Å²) in [6.45, 7) is 1.54. The van der Waals surface area contributed by atoms with E-state index in [4.69, 9.17) is 4.74 Å². The topological polar surface area (TPSA) is 96.0 Å². The van der Waals surface area contributed by atoms with Crippen LogP contribution in [0.5, 0.6) is 5.75 Å². The summed E-state index contributed by atoms with van der Waals surface area (Å²) in [6, 6.07) is 22.6. The van der Waals surface area contributed by atoms with Gasteiger partial charge in [0.2, 0.25) is 21.8 Å². The normalized spacial score (nSPS) is 11.9. The van der Waals surface area contributed by atoms with Gasteiger partial charge in [-0.1, -0.05) is 60.2 Å². The van der Waals surface area contributed by atoms with E-state index in [1.165, 1.54) is 11.9 Å². The van der Waals surface area contributed by atoms with Crippen LogP contribution in [0.25, 0.3) is 0 Å². The van der Waals surface area contributed by atoms with Crippen molar-refractivity contribution >= 4 is 27.5 Å². The third-order valence-corrected chi connectivity index (χ3v) is 7.15. The first-order chi connectivity index (χ1) is 17.6. The number of likely N-dealkylation sites (N-methyl/N-ethyl adjacent to an activating group) is 1. The van der Waals surface area contributed by atoms with Gasteiger partial charge in [-0.15, -0.1) is 0 Å². The largest absolute Gasteiger partial charge is 0.497 e. The van der Waals surface area contributed by atoms with Gasteiger partial charge in [0.25, 0.3) is 0 Å². The molecule has 0 bridgehead atoms. The average molecular weight is 524 g/mol. The van der Waals surface area contributed by atoms with Gasteiger partial charge in [-0.25, -0.2) is 8.42 Å². The van der Waals surface area contributed by atoms with Crippen molar-refractivity contribution in [2.75, 3.05) is 31.3 Å². The predicted molar refractivity (Wildman–Crippen MR) is 145 cm³/mol. The molecule has 0 aliphatic rings. The summed E-state index contributed by atoms with van der Waals surface area (Å²) in [5.74, 6) is -0.235. The lowest BCUT2D eigenvalue weighted by Gasteiger charge is -2.33. The maximum absolute atomic E-state index is 13.9. The summed E-state index contributed by atoms with van der Waals surface area (Å²) in [7, 11) is -0.719. The zero-order valence-corrected chi connectivity index (χ0v) is 22.4. The summed E-state index contributed by atoms with van der Waals surface area (Å²) in [6.07, 6.45) is 1.33. The van der Waals surface area contributed by atoms with E-state index in [1.54, 1.807) is 49.6 Å². The van der Waals surface area contributed by atoms with Crippen molar-refractivity contribution in [1.29, 1.82) is 0 Å². The van der Waals surface area contributed by atoms with Gasteiger partial charge in [-0.2, -0.15) is 0 Å². The average Bonchev–Trinajstić information content (AvgIpc) is 2.89. The van der Waals surface area contributed by atoms with E-state index < -0.39 is 28.5 Å². The van der Waals surface area contributed by atoms with Crippen molar-refractivity contribution in [3.05, 3.63) is 95.6 Å². The van der Waals surface area contributed by atoms with Gasteiger partial charge < -0.3 is 15.0 Å². The molecular weight excluding hydrogens is 490 g/mol. The third-order valence-electron chi connectivity index (χ3n) is 6.01. The Kier molecular flexibility index (Phi) is 9.30. The number of rotatable bonds is 11. The van der Waals surface area contributed by atoms with Crippen LogP contribution in [-0.4, -0.2) is 58.1 Å². The molecule has 0 spiro atoms. The van der Waals surface area contributed by atoms with E-state index in [0.717, 1.165) is 27.3 Å². The van der Waals surface area contributed by atoms with Crippen molar-refractivity contribution in [2.45, 2.75) is 25.9 Å². The summed E-state index contributed by atoms with van der Waals surface area (Å²) in [4.78, 5) is 28.4. The van der Waals surface area contributed by atoms with E-state index in [1.807, 2.05) is 43.3 Å². The number of amides is 2. The minimum atomic E-state index is -3.79. The lowest BCUT2D eigenvalue weighted by molar-refractivity contribution is -0.139. The summed E-state index contributed by atoms with van der Waals surface area (Å²) >= 11 is 0. The minimum absolute atomic E-state index is 0.0897. The number of benzene rings is 3. The Bertz CT molecular complexity index is 1310. The molecule has 3 aromatic rings. The van der Waals surface area contributed by atoms with Crippen LogP contribution in [-0.2, 0) is 32.6 Å². The molecule has 3 aromatic carbocycles. The molecule has 1 unspecified atom stereocenters. The number of anilines is 1. The second-order valence-electron chi connectivity index (χ2n) is 8.80. The van der Waals surface area contributed by atoms with Crippen LogP contribution in [0.4, 0.5) is 5.69 Å². The number of sulfonamides is 1. The smallest absolute Gasteiger partial charge is 0.244 e. The van der Waals surface area contributed by atoms with E-state index in [0.29, 0.717) is 11.4 Å². The van der Waals surface area contributed by atoms with Crippen LogP contribution in [0, 0.1) is 6.92 Å². The molecule has 1 N–H and O–H groups in total. The van der Waals surface area contributed by atoms with E-state index in [2.05, 4.69) is 5.32 Å². The molecule has 0 aromatic heterocycles. The van der Waals surface area contributed by atoms with Crippen LogP contribution in [0.1, 0.15) is 16.7 Å². The number of carbonyl (C=O) groups excluding carboxylic acids is 2. The highest BCUT2D eigenvalue weighted by Gasteiger charge is 2.32. The molecule has 196 valence electrons. The molecule has 2 amide bonds. The maximum atomic E-state index is 13.9. The standard InChI is InChI=1S/C28H33N3O5S/c1-21-13-15-24(16-14-21)31(37(4,34)35)20-27(32)30(19-23-11-8-12-25(17-23)36-3)26(28(33)29-2)18-22-9-6-5-7-10-22/h5-17,26H,18-20H2,1-4H3,(H,29,33). The van der Waals surface area contributed by atoms with Gasteiger partial charge in [0.15, 0.2) is 0 Å². The molecule has 0 aliphatic carbocycles. The highest BCUT2D eigenvalue weighted by atomic mass is 32.2. The molecule has 8 nitrogen and oxygen atoms in total. The Hall–Kier alpha value is -3.85. The summed E-state index contributed by atoms with van der Waals surface area (Å²) in [5, 5.41) is 2.66. The van der Waals surface area contributed by atoms with Crippen LogP contribution in [0.2, 0.25) is 0 Å². The third kappa shape index (κ3) is 7.57. The molecule has 0 saturated heterocycles. The zero-order valence-electron chi connectivity index (χ0n) is 21.5. The second kappa shape index (κ2) is 12.4. The number of hydrogen-bond donors (Lipinski definition) is 1. The maximum Gasteiger partial charge on any atom is 0.244 e. The van der Waals surface area contributed by atoms with E-state index >= 15 is 0 Å². The molecule has 0 fully saturated rings. The molecule has 9 heteroatoms. The SMILES string of the molecule is CNC(=O)C(Cc1ccccc1)N(Cc1cccc(OC)c1)C(=O)CN(c1ccc(C)cc1)S(C)(=O)=O. The quantitative estimate of drug-likeness (QED) is 0.417. The lowest BCUT2D eigenvalue weighted by Crippen LogP contribution is -2.52. The fourth-order valence-electron chi connectivity index (χ4n) is 4.01. The van der Waals surface area contributed by atoms with Gasteiger partial charge in [-0.05, 0) is 42.3 Å². The van der Waals surface area contributed by atoms with Crippen molar-refractivity contribution in [3.63, 3.8) is 0 Å². The molecule has 0 heterocycles. The monoisotopic (exact) mass is 523 g/mol. The highest BCUT2D eigenvalue weighted by Crippen LogP contribution is 2.22. The zero-order chi connectivity index (χ0) is 27.0. The number of aryl methyl sites for hydroxylation is 1. The van der Waals surface area contributed by atoms with Crippen LogP contribution in [0.15, 0.2) is 78.9 Å². The fourth-order valence-corrected chi connectivity index (χ4v) is 4.86. The molecule has 0 saturated carbocycles. The number of nitrogens with zero attached hydrogens (tertiary/aromatic N) is 2. The van der Waals surface area contributed by atoms with Gasteiger partial charge in [0.1, 0.15) is 18.3 Å². The minimum Gasteiger partial charge on any atom is -0.497 e. The molecular formula is C28H33N3O5S. The van der Waals surface area contributed by atoms with Gasteiger partial charge >= 0.3 is 0 Å². The predicted octanol–water partition coefficient (Wildman–Crippen LogP) is 3.16. The van der Waals surface area contributed by atoms with Crippen molar-refractivity contribution in [2.24, 2.45) is 0 Å². The van der Waals surface area contributed by atoms with Crippen LogP contribution in [0.3, 0.4) is 0 Å². The van der Waals surface area contributed by atoms with Crippen LogP contribution < -0.4 is 14.4 Å². The van der Waals surface area contributed by atoms with E-state index in [9.17, 15) is 18.0 Å². The summed E-state index contributed by atoms with van der Waals surface area (Å²) < 4.78 is 31.8.